The molecule has 0 bridgehead atoms. The molecule has 1 aromatic carbocycles. The molecule has 1 aromatic rings. The molecule has 1 saturated heterocycles. The van der Waals surface area contributed by atoms with E-state index in [0.29, 0.717) is 5.41 Å². The third-order valence-corrected chi connectivity index (χ3v) is 4.60. The van der Waals surface area contributed by atoms with Crippen molar-refractivity contribution in [2.24, 2.45) is 5.41 Å². The largest absolute Gasteiger partial charge is 0.381 e. The number of halogens is 1. The predicted octanol–water partition coefficient (Wildman–Crippen LogP) is 2.90. The molecule has 0 aromatic heterocycles. The standard InChI is InChI=1S/C16H25BrN2O/c1-18-12-16(7-9-20-10-8-16)13-19(2)11-14-3-5-15(17)6-4-14/h3-6,18H,7-13H2,1-2H3. The molecule has 1 heterocycles. The molecule has 1 fully saturated rings. The fourth-order valence-corrected chi connectivity index (χ4v) is 3.36. The second kappa shape index (κ2) is 7.55. The Morgan fingerprint density at radius 2 is 1.90 bits per heavy atom. The van der Waals surface area contributed by atoms with E-state index in [2.05, 4.69) is 57.5 Å². The summed E-state index contributed by atoms with van der Waals surface area (Å²) in [5.74, 6) is 0. The zero-order valence-electron chi connectivity index (χ0n) is 12.5. The maximum atomic E-state index is 5.53. The molecule has 0 radical (unpaired) electrons. The minimum Gasteiger partial charge on any atom is -0.381 e. The zero-order chi connectivity index (χ0) is 14.4. The minimum absolute atomic E-state index is 0.358. The maximum absolute atomic E-state index is 5.53. The monoisotopic (exact) mass is 340 g/mol. The van der Waals surface area contributed by atoms with Gasteiger partial charge in [0.2, 0.25) is 0 Å². The van der Waals surface area contributed by atoms with E-state index in [9.17, 15) is 0 Å². The van der Waals surface area contributed by atoms with Gasteiger partial charge in [-0.1, -0.05) is 28.1 Å². The molecule has 112 valence electrons. The molecule has 3 nitrogen and oxygen atoms in total. The summed E-state index contributed by atoms with van der Waals surface area (Å²) in [7, 11) is 4.26. The number of nitrogens with zero attached hydrogens (tertiary/aromatic N) is 1. The van der Waals surface area contributed by atoms with Crippen LogP contribution in [0.15, 0.2) is 28.7 Å². The molecule has 1 N–H and O–H groups in total. The Morgan fingerprint density at radius 3 is 2.50 bits per heavy atom. The van der Waals surface area contributed by atoms with E-state index in [1.54, 1.807) is 0 Å². The van der Waals surface area contributed by atoms with Crippen LogP contribution in [0, 0.1) is 5.41 Å². The Bertz CT molecular complexity index is 396. The third-order valence-electron chi connectivity index (χ3n) is 4.08. The first-order valence-electron chi connectivity index (χ1n) is 7.29. The van der Waals surface area contributed by atoms with E-state index >= 15 is 0 Å². The molecule has 0 aliphatic carbocycles. The van der Waals surface area contributed by atoms with Crippen LogP contribution in [-0.4, -0.2) is 45.3 Å². The van der Waals surface area contributed by atoms with E-state index in [-0.39, 0.29) is 0 Å². The van der Waals surface area contributed by atoms with Crippen LogP contribution in [0.2, 0.25) is 0 Å². The molecule has 2 rings (SSSR count). The second-order valence-electron chi connectivity index (χ2n) is 5.94. The van der Waals surface area contributed by atoms with E-state index < -0.39 is 0 Å². The first-order chi connectivity index (χ1) is 9.63. The summed E-state index contributed by atoms with van der Waals surface area (Å²) in [6.45, 7) is 4.98. The maximum Gasteiger partial charge on any atom is 0.0472 e. The highest BCUT2D eigenvalue weighted by molar-refractivity contribution is 9.10. The van der Waals surface area contributed by atoms with Crippen molar-refractivity contribution in [1.82, 2.24) is 10.2 Å². The van der Waals surface area contributed by atoms with Gasteiger partial charge in [-0.05, 0) is 50.0 Å². The fraction of sp³-hybridized carbons (Fsp3) is 0.625. The highest BCUT2D eigenvalue weighted by atomic mass is 79.9. The van der Waals surface area contributed by atoms with Crippen molar-refractivity contribution in [2.75, 3.05) is 40.4 Å². The van der Waals surface area contributed by atoms with Gasteiger partial charge in [-0.25, -0.2) is 0 Å². The lowest BCUT2D eigenvalue weighted by atomic mass is 9.79. The first kappa shape index (κ1) is 16.0. The molecule has 0 atom stereocenters. The molecule has 0 unspecified atom stereocenters. The molecule has 0 spiro atoms. The molecule has 0 amide bonds. The topological polar surface area (TPSA) is 24.5 Å². The summed E-state index contributed by atoms with van der Waals surface area (Å²) in [6, 6.07) is 8.60. The number of benzene rings is 1. The van der Waals surface area contributed by atoms with Crippen LogP contribution < -0.4 is 5.32 Å². The van der Waals surface area contributed by atoms with Crippen LogP contribution in [0.3, 0.4) is 0 Å². The molecule has 0 saturated carbocycles. The lowest BCUT2D eigenvalue weighted by molar-refractivity contribution is -0.000735. The SMILES string of the molecule is CNCC1(CN(C)Cc2ccc(Br)cc2)CCOCC1. The fourth-order valence-electron chi connectivity index (χ4n) is 3.10. The lowest BCUT2D eigenvalue weighted by Crippen LogP contribution is -2.45. The van der Waals surface area contributed by atoms with Gasteiger partial charge in [-0.3, -0.25) is 0 Å². The summed E-state index contributed by atoms with van der Waals surface area (Å²) in [5, 5.41) is 3.37. The van der Waals surface area contributed by atoms with Crippen molar-refractivity contribution < 1.29 is 4.74 Å². The van der Waals surface area contributed by atoms with Crippen LogP contribution >= 0.6 is 15.9 Å². The van der Waals surface area contributed by atoms with Crippen LogP contribution in [0.4, 0.5) is 0 Å². The number of hydrogen-bond donors (Lipinski definition) is 1. The Morgan fingerprint density at radius 1 is 1.25 bits per heavy atom. The Hall–Kier alpha value is -0.420. The van der Waals surface area contributed by atoms with Crippen molar-refractivity contribution >= 4 is 15.9 Å². The van der Waals surface area contributed by atoms with Crippen molar-refractivity contribution in [3.05, 3.63) is 34.3 Å². The number of rotatable bonds is 6. The Kier molecular flexibility index (Phi) is 6.02. The lowest BCUT2D eigenvalue weighted by Gasteiger charge is -2.40. The number of nitrogens with one attached hydrogen (secondary N) is 1. The molecule has 4 heteroatoms. The van der Waals surface area contributed by atoms with Crippen molar-refractivity contribution in [3.8, 4) is 0 Å². The highest BCUT2D eigenvalue weighted by Crippen LogP contribution is 2.31. The minimum atomic E-state index is 0.358. The van der Waals surface area contributed by atoms with Gasteiger partial charge in [0.1, 0.15) is 0 Å². The van der Waals surface area contributed by atoms with Gasteiger partial charge in [0.05, 0.1) is 0 Å². The zero-order valence-corrected chi connectivity index (χ0v) is 14.1. The summed E-state index contributed by atoms with van der Waals surface area (Å²) in [4.78, 5) is 2.44. The van der Waals surface area contributed by atoms with E-state index in [0.717, 1.165) is 50.2 Å². The van der Waals surface area contributed by atoms with Gasteiger partial charge in [-0.15, -0.1) is 0 Å². The second-order valence-corrected chi connectivity index (χ2v) is 6.86. The van der Waals surface area contributed by atoms with Gasteiger partial charge in [0.25, 0.3) is 0 Å². The summed E-state index contributed by atoms with van der Waals surface area (Å²) < 4.78 is 6.67. The normalized spacial score (nSPS) is 18.4. The number of ether oxygens (including phenoxy) is 1. The van der Waals surface area contributed by atoms with Crippen LogP contribution in [0.5, 0.6) is 0 Å². The van der Waals surface area contributed by atoms with Gasteiger partial charge in [0.15, 0.2) is 0 Å². The van der Waals surface area contributed by atoms with Crippen LogP contribution in [0.1, 0.15) is 18.4 Å². The van der Waals surface area contributed by atoms with E-state index in [4.69, 9.17) is 4.74 Å². The average Bonchev–Trinajstić information content (AvgIpc) is 2.42. The van der Waals surface area contributed by atoms with E-state index in [1.807, 2.05) is 7.05 Å². The smallest absolute Gasteiger partial charge is 0.0472 e. The average molecular weight is 341 g/mol. The van der Waals surface area contributed by atoms with Gasteiger partial charge >= 0.3 is 0 Å². The Labute approximate surface area is 130 Å². The third kappa shape index (κ3) is 4.55. The summed E-state index contributed by atoms with van der Waals surface area (Å²) in [5.41, 5.74) is 1.72. The van der Waals surface area contributed by atoms with Crippen LogP contribution in [0.25, 0.3) is 0 Å². The molecule has 20 heavy (non-hydrogen) atoms. The van der Waals surface area contributed by atoms with Gasteiger partial charge < -0.3 is 15.0 Å². The quantitative estimate of drug-likeness (QED) is 0.861. The van der Waals surface area contributed by atoms with Crippen molar-refractivity contribution in [2.45, 2.75) is 19.4 Å². The molecule has 1 aliphatic heterocycles. The summed E-state index contributed by atoms with van der Waals surface area (Å²) >= 11 is 3.48. The van der Waals surface area contributed by atoms with Gasteiger partial charge in [-0.2, -0.15) is 0 Å². The first-order valence-corrected chi connectivity index (χ1v) is 8.08. The molecular weight excluding hydrogens is 316 g/mol. The van der Waals surface area contributed by atoms with Gasteiger partial charge in [0, 0.05) is 37.3 Å². The molecular formula is C16H25BrN2O. The highest BCUT2D eigenvalue weighted by Gasteiger charge is 2.32. The van der Waals surface area contributed by atoms with Crippen molar-refractivity contribution in [1.29, 1.82) is 0 Å². The molecule has 1 aliphatic rings. The predicted molar refractivity (Wildman–Crippen MR) is 86.9 cm³/mol. The van der Waals surface area contributed by atoms with Crippen molar-refractivity contribution in [3.63, 3.8) is 0 Å². The Balaban J connectivity index is 1.93. The number of hydrogen-bond acceptors (Lipinski definition) is 3. The van der Waals surface area contributed by atoms with E-state index in [1.165, 1.54) is 5.56 Å². The summed E-state index contributed by atoms with van der Waals surface area (Å²) in [6.07, 6.45) is 2.30. The van der Waals surface area contributed by atoms with Crippen LogP contribution in [-0.2, 0) is 11.3 Å².